The number of para-hydroxylation sites is 1. The van der Waals surface area contributed by atoms with Crippen molar-refractivity contribution in [3.05, 3.63) is 54.1 Å². The van der Waals surface area contributed by atoms with Gasteiger partial charge >= 0.3 is 105 Å². The number of rotatable bonds is 3. The van der Waals surface area contributed by atoms with Gasteiger partial charge in [0.25, 0.3) is 0 Å². The van der Waals surface area contributed by atoms with Gasteiger partial charge in [-0.3, -0.25) is 0 Å². The van der Waals surface area contributed by atoms with E-state index in [1.54, 1.807) is 7.13 Å². The monoisotopic (exact) mass is 237 g/mol. The van der Waals surface area contributed by atoms with Gasteiger partial charge in [-0.2, -0.15) is 0 Å². The normalized spacial score (nSPS) is 10.5. The van der Waals surface area contributed by atoms with Crippen LogP contribution in [0.15, 0.2) is 52.9 Å². The summed E-state index contributed by atoms with van der Waals surface area (Å²) < 4.78 is 11.3. The summed E-state index contributed by atoms with van der Waals surface area (Å²) >= 11 is 0. The van der Waals surface area contributed by atoms with E-state index in [9.17, 15) is 0 Å². The zero-order valence-electron chi connectivity index (χ0n) is 9.80. The Morgan fingerprint density at radius 3 is 2.67 bits per heavy atom. The van der Waals surface area contributed by atoms with Crippen LogP contribution in [0.5, 0.6) is 11.4 Å². The first-order valence-corrected chi connectivity index (χ1v) is 5.80. The Labute approximate surface area is 105 Å². The predicted octanol–water partition coefficient (Wildman–Crippen LogP) is 3.02. The number of benzene rings is 2. The molecule has 0 atom stereocenters. The minimum atomic E-state index is 0.460. The Morgan fingerprint density at radius 1 is 1.06 bits per heavy atom. The molecule has 18 heavy (non-hydrogen) atoms. The van der Waals surface area contributed by atoms with E-state index < -0.39 is 0 Å². The summed E-state index contributed by atoms with van der Waals surface area (Å²) in [6, 6.07) is 15.4. The van der Waals surface area contributed by atoms with Crippen molar-refractivity contribution in [2.24, 2.45) is 5.73 Å². The van der Waals surface area contributed by atoms with E-state index >= 15 is 0 Å². The molecular weight excluding hydrogens is 225 g/mol. The van der Waals surface area contributed by atoms with E-state index in [1.165, 1.54) is 0 Å². The molecule has 0 saturated heterocycles. The van der Waals surface area contributed by atoms with Crippen LogP contribution in [0.2, 0.25) is 0 Å². The van der Waals surface area contributed by atoms with E-state index in [-0.39, 0.29) is 0 Å². The maximum atomic E-state index is 5.82. The molecule has 0 radical (unpaired) electrons. The van der Waals surface area contributed by atoms with E-state index in [0.717, 1.165) is 22.3 Å². The van der Waals surface area contributed by atoms with Gasteiger partial charge in [0.1, 0.15) is 0 Å². The zero-order chi connectivity index (χ0) is 12.4. The second kappa shape index (κ2) is 4.66. The molecular formula is C14H12BNO2. The molecule has 0 fully saturated rings. The average Bonchev–Trinajstić information content (AvgIpc) is 2.83. The molecule has 0 saturated carbocycles. The maximum absolute atomic E-state index is 5.82. The van der Waals surface area contributed by atoms with Crippen LogP contribution in [-0.2, 0) is 6.54 Å². The van der Waals surface area contributed by atoms with Crippen molar-refractivity contribution in [1.82, 2.24) is 0 Å². The van der Waals surface area contributed by atoms with Crippen LogP contribution in [0, 0.1) is 0 Å². The summed E-state index contributed by atoms with van der Waals surface area (Å²) in [7, 11) is 1.62. The second-order valence-corrected chi connectivity index (χ2v) is 4.01. The summed E-state index contributed by atoms with van der Waals surface area (Å²) in [6.45, 7) is 0.460. The summed E-state index contributed by atoms with van der Waals surface area (Å²) in [5.74, 6) is 0.784. The van der Waals surface area contributed by atoms with Gasteiger partial charge < -0.3 is 0 Å². The van der Waals surface area contributed by atoms with Crippen LogP contribution >= 0.6 is 0 Å². The van der Waals surface area contributed by atoms with Gasteiger partial charge in [-0.25, -0.2) is 0 Å². The molecule has 88 valence electrons. The van der Waals surface area contributed by atoms with Crippen molar-refractivity contribution in [3.63, 3.8) is 0 Å². The van der Waals surface area contributed by atoms with Gasteiger partial charge in [0.2, 0.25) is 0 Å². The van der Waals surface area contributed by atoms with Crippen LogP contribution in [0.4, 0.5) is 0 Å². The molecule has 2 aromatic carbocycles. The molecule has 0 aliphatic rings. The SMILES string of the molecule is NCc1cccc2obc(Oc3ccccc3)c12. The number of fused-ring (bicyclic) bond motifs is 1. The van der Waals surface area contributed by atoms with Gasteiger partial charge in [0.15, 0.2) is 0 Å². The van der Waals surface area contributed by atoms with E-state index in [4.69, 9.17) is 14.8 Å². The Balaban J connectivity index is 2.07. The van der Waals surface area contributed by atoms with Gasteiger partial charge in [0, 0.05) is 0 Å². The first-order chi connectivity index (χ1) is 8.88. The molecule has 3 aromatic rings. The zero-order valence-corrected chi connectivity index (χ0v) is 9.80. The van der Waals surface area contributed by atoms with Crippen molar-refractivity contribution in [3.8, 4) is 11.4 Å². The Morgan fingerprint density at radius 2 is 1.89 bits per heavy atom. The van der Waals surface area contributed by atoms with Crippen LogP contribution in [0.3, 0.4) is 0 Å². The standard InChI is InChI=1S/C14H12BNO2/c16-9-10-5-4-8-12-13(10)14(15-18-12)17-11-6-2-1-3-7-11/h1-8H,9,16H2. The van der Waals surface area contributed by atoms with Gasteiger partial charge in [-0.05, 0) is 0 Å². The quantitative estimate of drug-likeness (QED) is 0.761. The predicted molar refractivity (Wildman–Crippen MR) is 72.0 cm³/mol. The molecule has 2 N–H and O–H groups in total. The van der Waals surface area contributed by atoms with Crippen LogP contribution in [-0.4, -0.2) is 7.13 Å². The molecule has 0 aliphatic carbocycles. The minimum absolute atomic E-state index is 0.460. The molecule has 3 nitrogen and oxygen atoms in total. The number of ether oxygens (including phenoxy) is 1. The van der Waals surface area contributed by atoms with Crippen molar-refractivity contribution in [1.29, 1.82) is 0 Å². The third kappa shape index (κ3) is 1.91. The van der Waals surface area contributed by atoms with Crippen molar-refractivity contribution >= 4 is 18.1 Å². The Bertz CT molecular complexity index is 664. The average molecular weight is 237 g/mol. The topological polar surface area (TPSA) is 48.4 Å². The van der Waals surface area contributed by atoms with Crippen LogP contribution < -0.4 is 10.5 Å². The summed E-state index contributed by atoms with van der Waals surface area (Å²) in [5.41, 5.74) is 8.26. The second-order valence-electron chi connectivity index (χ2n) is 4.01. The first-order valence-electron chi connectivity index (χ1n) is 5.80. The molecule has 0 spiro atoms. The molecule has 0 bridgehead atoms. The fourth-order valence-corrected chi connectivity index (χ4v) is 1.99. The Hall–Kier alpha value is -2.07. The van der Waals surface area contributed by atoms with E-state index in [2.05, 4.69) is 0 Å². The summed E-state index contributed by atoms with van der Waals surface area (Å²) in [6.07, 6.45) is 0. The van der Waals surface area contributed by atoms with Crippen molar-refractivity contribution < 1.29 is 9.07 Å². The van der Waals surface area contributed by atoms with Crippen LogP contribution in [0.25, 0.3) is 11.0 Å². The molecule has 0 amide bonds. The number of hydrogen-bond acceptors (Lipinski definition) is 3. The van der Waals surface area contributed by atoms with E-state index in [1.807, 2.05) is 48.5 Å². The fraction of sp³-hybridized carbons (Fsp3) is 0.0714. The molecule has 0 aliphatic heterocycles. The molecule has 1 heterocycles. The molecule has 1 aromatic heterocycles. The third-order valence-electron chi connectivity index (χ3n) is 2.84. The summed E-state index contributed by atoms with van der Waals surface area (Å²) in [5, 5.41) is 0.948. The number of nitrogens with two attached hydrogens (primary N) is 1. The number of hydrogen-bond donors (Lipinski definition) is 1. The van der Waals surface area contributed by atoms with Gasteiger partial charge in [0.05, 0.1) is 0 Å². The van der Waals surface area contributed by atoms with Crippen molar-refractivity contribution in [2.45, 2.75) is 6.54 Å². The van der Waals surface area contributed by atoms with E-state index in [0.29, 0.717) is 12.2 Å². The fourth-order valence-electron chi connectivity index (χ4n) is 1.99. The van der Waals surface area contributed by atoms with Gasteiger partial charge in [-0.15, -0.1) is 0 Å². The van der Waals surface area contributed by atoms with Crippen molar-refractivity contribution in [2.75, 3.05) is 0 Å². The van der Waals surface area contributed by atoms with Gasteiger partial charge in [-0.1, -0.05) is 0 Å². The summed E-state index contributed by atoms with van der Waals surface area (Å²) in [4.78, 5) is 0. The molecule has 0 unspecified atom stereocenters. The first kappa shape index (κ1) is 11.0. The van der Waals surface area contributed by atoms with Crippen LogP contribution in [0.1, 0.15) is 5.56 Å². The third-order valence-corrected chi connectivity index (χ3v) is 2.84. The Kier molecular flexibility index (Phi) is 2.86. The molecule has 4 heteroatoms. The molecule has 3 rings (SSSR count).